The maximum absolute atomic E-state index is 12.2. The minimum atomic E-state index is -0.632. The second-order valence-electron chi connectivity index (χ2n) is 4.73. The first-order valence-electron chi connectivity index (χ1n) is 6.03. The van der Waals surface area contributed by atoms with Crippen molar-refractivity contribution in [2.24, 2.45) is 0 Å². The number of likely N-dealkylation sites (N-methyl/N-ethyl adjacent to an activating group) is 1. The summed E-state index contributed by atoms with van der Waals surface area (Å²) in [5, 5.41) is 5.92. The van der Waals surface area contributed by atoms with Crippen molar-refractivity contribution in [1.82, 2.24) is 10.6 Å². The fourth-order valence-corrected chi connectivity index (χ4v) is 1.61. The molecule has 1 aromatic carbocycles. The number of carbonyl (C=O) groups is 1. The third kappa shape index (κ3) is 3.90. The van der Waals surface area contributed by atoms with E-state index in [1.807, 2.05) is 31.3 Å². The summed E-state index contributed by atoms with van der Waals surface area (Å²) in [4.78, 5) is 12.2. The number of rotatable bonds is 5. The largest absolute Gasteiger partial charge is 0.336 e. The van der Waals surface area contributed by atoms with Gasteiger partial charge >= 0.3 is 0 Å². The van der Waals surface area contributed by atoms with Gasteiger partial charge in [-0.3, -0.25) is 4.79 Å². The third-order valence-corrected chi connectivity index (χ3v) is 2.69. The molecule has 0 spiro atoms. The summed E-state index contributed by atoms with van der Waals surface area (Å²) in [6.45, 7) is 4.45. The van der Waals surface area contributed by atoms with Crippen LogP contribution in [0.2, 0.25) is 0 Å². The maximum atomic E-state index is 12.2. The number of benzene rings is 1. The fourth-order valence-electron chi connectivity index (χ4n) is 1.61. The molecule has 1 aromatic rings. The summed E-state index contributed by atoms with van der Waals surface area (Å²) in [6.07, 6.45) is 6.19. The second kappa shape index (κ2) is 6.23. The van der Waals surface area contributed by atoms with E-state index in [1.54, 1.807) is 13.8 Å². The van der Waals surface area contributed by atoms with E-state index in [-0.39, 0.29) is 5.91 Å². The molecule has 2 N–H and O–H groups in total. The third-order valence-electron chi connectivity index (χ3n) is 2.69. The second-order valence-corrected chi connectivity index (χ2v) is 4.73. The SMILES string of the molecule is C#CC(C)(C)NC(=O)c1ccccc1CCNC. The molecule has 0 heterocycles. The monoisotopic (exact) mass is 244 g/mol. The Balaban J connectivity index is 2.89. The zero-order valence-electron chi connectivity index (χ0n) is 11.2. The molecule has 0 fully saturated rings. The Hall–Kier alpha value is -1.79. The van der Waals surface area contributed by atoms with Crippen LogP contribution in [0.5, 0.6) is 0 Å². The Morgan fingerprint density at radius 1 is 1.39 bits per heavy atom. The lowest BCUT2D eigenvalue weighted by atomic mass is 10.0. The molecule has 0 aliphatic rings. The van der Waals surface area contributed by atoms with Crippen LogP contribution in [0.4, 0.5) is 0 Å². The highest BCUT2D eigenvalue weighted by Gasteiger charge is 2.19. The van der Waals surface area contributed by atoms with E-state index in [9.17, 15) is 4.79 Å². The minimum absolute atomic E-state index is 0.121. The van der Waals surface area contributed by atoms with Gasteiger partial charge in [-0.25, -0.2) is 0 Å². The average molecular weight is 244 g/mol. The van der Waals surface area contributed by atoms with E-state index in [4.69, 9.17) is 6.42 Å². The quantitative estimate of drug-likeness (QED) is 0.772. The van der Waals surface area contributed by atoms with Crippen LogP contribution in [0.15, 0.2) is 24.3 Å². The van der Waals surface area contributed by atoms with Gasteiger partial charge in [0.1, 0.15) is 0 Å². The number of hydrogen-bond acceptors (Lipinski definition) is 2. The predicted octanol–water partition coefficient (Wildman–Crippen LogP) is 1.59. The molecular formula is C15H20N2O. The van der Waals surface area contributed by atoms with E-state index < -0.39 is 5.54 Å². The van der Waals surface area contributed by atoms with Gasteiger partial charge in [-0.15, -0.1) is 6.42 Å². The van der Waals surface area contributed by atoms with Crippen LogP contribution in [0.1, 0.15) is 29.8 Å². The molecule has 18 heavy (non-hydrogen) atoms. The van der Waals surface area contributed by atoms with Crippen LogP contribution in [0, 0.1) is 12.3 Å². The van der Waals surface area contributed by atoms with Gasteiger partial charge in [0.15, 0.2) is 0 Å². The number of hydrogen-bond donors (Lipinski definition) is 2. The van der Waals surface area contributed by atoms with E-state index in [1.165, 1.54) is 0 Å². The molecule has 0 aliphatic heterocycles. The molecule has 0 saturated carbocycles. The molecule has 0 saturated heterocycles. The van der Waals surface area contributed by atoms with Gasteiger partial charge in [-0.05, 0) is 45.5 Å². The lowest BCUT2D eigenvalue weighted by Crippen LogP contribution is -2.42. The fraction of sp³-hybridized carbons (Fsp3) is 0.400. The molecule has 0 aromatic heterocycles. The Morgan fingerprint density at radius 3 is 2.67 bits per heavy atom. The molecule has 1 amide bonds. The lowest BCUT2D eigenvalue weighted by molar-refractivity contribution is 0.0929. The number of carbonyl (C=O) groups excluding carboxylic acids is 1. The molecule has 0 unspecified atom stereocenters. The van der Waals surface area contributed by atoms with E-state index >= 15 is 0 Å². The van der Waals surface area contributed by atoms with Crippen molar-refractivity contribution >= 4 is 5.91 Å². The van der Waals surface area contributed by atoms with Crippen LogP contribution >= 0.6 is 0 Å². The van der Waals surface area contributed by atoms with Crippen LogP contribution in [0.25, 0.3) is 0 Å². The van der Waals surface area contributed by atoms with Crippen molar-refractivity contribution in [3.05, 3.63) is 35.4 Å². The molecule has 96 valence electrons. The summed E-state index contributed by atoms with van der Waals surface area (Å²) >= 11 is 0. The Bertz CT molecular complexity index is 458. The molecule has 0 atom stereocenters. The predicted molar refractivity (Wildman–Crippen MR) is 74.5 cm³/mol. The summed E-state index contributed by atoms with van der Waals surface area (Å²) in [5.74, 6) is 2.44. The van der Waals surface area contributed by atoms with Gasteiger partial charge in [-0.2, -0.15) is 0 Å². The van der Waals surface area contributed by atoms with E-state index in [0.29, 0.717) is 5.56 Å². The highest BCUT2D eigenvalue weighted by Crippen LogP contribution is 2.11. The molecule has 3 nitrogen and oxygen atoms in total. The van der Waals surface area contributed by atoms with Gasteiger partial charge < -0.3 is 10.6 Å². The van der Waals surface area contributed by atoms with Crippen molar-refractivity contribution in [3.8, 4) is 12.3 Å². The normalized spacial score (nSPS) is 10.8. The summed E-state index contributed by atoms with van der Waals surface area (Å²) in [6, 6.07) is 7.59. The van der Waals surface area contributed by atoms with Crippen LogP contribution in [0.3, 0.4) is 0 Å². The Labute approximate surface area is 109 Å². The van der Waals surface area contributed by atoms with Gasteiger partial charge in [0.2, 0.25) is 0 Å². The summed E-state index contributed by atoms with van der Waals surface area (Å²) in [5.41, 5.74) is 1.08. The van der Waals surface area contributed by atoms with Crippen molar-refractivity contribution in [1.29, 1.82) is 0 Å². The molecule has 1 rings (SSSR count). The van der Waals surface area contributed by atoms with Crippen molar-refractivity contribution in [2.45, 2.75) is 25.8 Å². The number of amides is 1. The van der Waals surface area contributed by atoms with Gasteiger partial charge in [-0.1, -0.05) is 24.1 Å². The molecule has 0 radical (unpaired) electrons. The first-order valence-corrected chi connectivity index (χ1v) is 6.03. The van der Waals surface area contributed by atoms with Crippen LogP contribution < -0.4 is 10.6 Å². The van der Waals surface area contributed by atoms with Gasteiger partial charge in [0.05, 0.1) is 5.54 Å². The van der Waals surface area contributed by atoms with Gasteiger partial charge in [0.25, 0.3) is 5.91 Å². The maximum Gasteiger partial charge on any atom is 0.252 e. The Kier molecular flexibility index (Phi) is 4.94. The first kappa shape index (κ1) is 14.3. The Morgan fingerprint density at radius 2 is 2.06 bits per heavy atom. The van der Waals surface area contributed by atoms with Crippen molar-refractivity contribution in [3.63, 3.8) is 0 Å². The van der Waals surface area contributed by atoms with E-state index in [2.05, 4.69) is 16.6 Å². The summed E-state index contributed by atoms with van der Waals surface area (Å²) in [7, 11) is 1.89. The lowest BCUT2D eigenvalue weighted by Gasteiger charge is -2.20. The topological polar surface area (TPSA) is 41.1 Å². The highest BCUT2D eigenvalue weighted by atomic mass is 16.1. The van der Waals surface area contributed by atoms with Crippen LogP contribution in [-0.2, 0) is 6.42 Å². The zero-order chi connectivity index (χ0) is 13.6. The standard InChI is InChI=1S/C15H20N2O/c1-5-15(2,3)17-14(18)13-9-7-6-8-12(13)10-11-16-4/h1,6-9,16H,10-11H2,2-4H3,(H,17,18). The molecular weight excluding hydrogens is 224 g/mol. The summed E-state index contributed by atoms with van der Waals surface area (Å²) < 4.78 is 0. The number of terminal acetylenes is 1. The minimum Gasteiger partial charge on any atom is -0.336 e. The number of nitrogens with one attached hydrogen (secondary N) is 2. The van der Waals surface area contributed by atoms with Gasteiger partial charge in [0, 0.05) is 5.56 Å². The molecule has 3 heteroatoms. The van der Waals surface area contributed by atoms with E-state index in [0.717, 1.165) is 18.5 Å². The van der Waals surface area contributed by atoms with Crippen LogP contribution in [-0.4, -0.2) is 25.0 Å². The zero-order valence-corrected chi connectivity index (χ0v) is 11.2. The molecule has 0 aliphatic carbocycles. The van der Waals surface area contributed by atoms with Crippen molar-refractivity contribution in [2.75, 3.05) is 13.6 Å². The smallest absolute Gasteiger partial charge is 0.252 e. The average Bonchev–Trinajstić information content (AvgIpc) is 2.36. The first-order chi connectivity index (χ1) is 8.50. The van der Waals surface area contributed by atoms with Crippen molar-refractivity contribution < 1.29 is 4.79 Å². The molecule has 0 bridgehead atoms. The highest BCUT2D eigenvalue weighted by molar-refractivity contribution is 5.96.